The van der Waals surface area contributed by atoms with Gasteiger partial charge in [-0.3, -0.25) is 0 Å². The molecule has 1 aromatic carbocycles. The van der Waals surface area contributed by atoms with E-state index < -0.39 is 5.67 Å². The lowest BCUT2D eigenvalue weighted by Gasteiger charge is -2.34. The Hall–Kier alpha value is -0.850. The number of alkyl halides is 1. The highest BCUT2D eigenvalue weighted by Crippen LogP contribution is 2.34. The minimum atomic E-state index is -1.24. The van der Waals surface area contributed by atoms with Crippen molar-refractivity contribution in [2.45, 2.75) is 65.2 Å². The van der Waals surface area contributed by atoms with Gasteiger partial charge in [-0.1, -0.05) is 15.9 Å². The molecule has 5 N–H and O–H groups in total. The van der Waals surface area contributed by atoms with Gasteiger partial charge in [0.05, 0.1) is 11.4 Å². The predicted molar refractivity (Wildman–Crippen MR) is 101 cm³/mol. The fourth-order valence-corrected chi connectivity index (χ4v) is 2.71. The van der Waals surface area contributed by atoms with Crippen molar-refractivity contribution in [3.63, 3.8) is 0 Å². The molecule has 23 heavy (non-hydrogen) atoms. The van der Waals surface area contributed by atoms with E-state index in [0.717, 1.165) is 15.7 Å². The summed E-state index contributed by atoms with van der Waals surface area (Å²) in [6.45, 7) is 11.5. The number of nitrogens with one attached hydrogen (secondary N) is 1. The Balaban J connectivity index is 2.99. The first-order valence-corrected chi connectivity index (χ1v) is 8.66. The second kappa shape index (κ2) is 7.36. The molecule has 4 nitrogen and oxygen atoms in total. The molecule has 0 aromatic heterocycles. The van der Waals surface area contributed by atoms with Crippen LogP contribution in [0, 0.1) is 0 Å². The number of nitrogens with two attached hydrogens (primary N) is 2. The second-order valence-electron chi connectivity index (χ2n) is 7.70. The molecule has 1 aromatic rings. The van der Waals surface area contributed by atoms with Gasteiger partial charge in [0.1, 0.15) is 5.67 Å². The smallest absolute Gasteiger partial charge is 0.117 e. The van der Waals surface area contributed by atoms with E-state index in [1.807, 2.05) is 39.8 Å². The molecular weight excluding hydrogens is 359 g/mol. The zero-order valence-corrected chi connectivity index (χ0v) is 16.6. The van der Waals surface area contributed by atoms with Crippen molar-refractivity contribution < 1.29 is 4.39 Å². The maximum atomic E-state index is 13.6. The minimum absolute atomic E-state index is 0.0970. The molecule has 0 aliphatic heterocycles. The third-order valence-corrected chi connectivity index (χ3v) is 4.38. The van der Waals surface area contributed by atoms with E-state index in [1.54, 1.807) is 18.9 Å². The Morgan fingerprint density at radius 2 is 1.83 bits per heavy atom. The zero-order valence-electron chi connectivity index (χ0n) is 15.0. The average molecular weight is 389 g/mol. The molecule has 132 valence electrons. The quantitative estimate of drug-likeness (QED) is 0.394. The summed E-state index contributed by atoms with van der Waals surface area (Å²) >= 11 is 3.56. The zero-order chi connectivity index (χ0) is 18.0. The van der Waals surface area contributed by atoms with Crippen LogP contribution in [-0.2, 0) is 6.42 Å². The number of benzene rings is 1. The Morgan fingerprint density at radius 3 is 2.30 bits per heavy atom. The molecule has 0 fully saturated rings. The summed E-state index contributed by atoms with van der Waals surface area (Å²) in [5.41, 5.74) is 7.33. The van der Waals surface area contributed by atoms with Gasteiger partial charge in [-0.2, -0.15) is 0 Å². The van der Waals surface area contributed by atoms with Gasteiger partial charge in [-0.05, 0) is 65.7 Å². The van der Waals surface area contributed by atoms with Crippen LogP contribution in [0.15, 0.2) is 16.6 Å². The van der Waals surface area contributed by atoms with E-state index in [9.17, 15) is 4.39 Å². The van der Waals surface area contributed by atoms with Crippen LogP contribution >= 0.6 is 15.9 Å². The highest BCUT2D eigenvalue weighted by molar-refractivity contribution is 9.10. The number of anilines is 2. The summed E-state index contributed by atoms with van der Waals surface area (Å²) in [6, 6.07) is 3.97. The molecule has 0 spiro atoms. The molecule has 0 saturated carbocycles. The van der Waals surface area contributed by atoms with Gasteiger partial charge in [0.15, 0.2) is 0 Å². The van der Waals surface area contributed by atoms with Gasteiger partial charge >= 0.3 is 0 Å². The van der Waals surface area contributed by atoms with Gasteiger partial charge in [-0.25, -0.2) is 10.2 Å². The van der Waals surface area contributed by atoms with Crippen LogP contribution in [0.25, 0.3) is 0 Å². The Morgan fingerprint density at radius 1 is 1.26 bits per heavy atom. The van der Waals surface area contributed by atoms with Crippen LogP contribution in [0.3, 0.4) is 0 Å². The molecule has 0 saturated heterocycles. The van der Waals surface area contributed by atoms with E-state index >= 15 is 0 Å². The van der Waals surface area contributed by atoms with E-state index in [0.29, 0.717) is 18.7 Å². The van der Waals surface area contributed by atoms with E-state index in [1.165, 1.54) is 0 Å². The summed E-state index contributed by atoms with van der Waals surface area (Å²) in [7, 11) is 0. The van der Waals surface area contributed by atoms with Crippen molar-refractivity contribution in [2.24, 2.45) is 5.84 Å². The monoisotopic (exact) mass is 388 g/mol. The lowest BCUT2D eigenvalue weighted by molar-refractivity contribution is 0.204. The molecule has 0 amide bonds. The summed E-state index contributed by atoms with van der Waals surface area (Å²) in [5, 5.41) is 4.89. The highest BCUT2D eigenvalue weighted by Gasteiger charge is 2.23. The minimum Gasteiger partial charge on any atom is -0.397 e. The van der Waals surface area contributed by atoms with Crippen LogP contribution in [0.4, 0.5) is 15.8 Å². The molecule has 1 atom stereocenters. The molecule has 6 heteroatoms. The molecule has 1 rings (SSSR count). The van der Waals surface area contributed by atoms with Gasteiger partial charge < -0.3 is 16.1 Å². The summed E-state index contributed by atoms with van der Waals surface area (Å²) < 4.78 is 14.6. The van der Waals surface area contributed by atoms with Gasteiger partial charge in [0.2, 0.25) is 0 Å². The van der Waals surface area contributed by atoms with Crippen LogP contribution in [-0.4, -0.2) is 23.8 Å². The standard InChI is InChI=1S/C17H30BrFN4/c1-11(22-10-17(5,6)19)9-12-13(18)7-8-14(15(12)20)23(21)16(2,3)4/h7-8,11,22H,9-10,20-21H2,1-6H3. The first-order valence-electron chi connectivity index (χ1n) is 7.87. The first kappa shape index (κ1) is 20.2. The second-order valence-corrected chi connectivity index (χ2v) is 8.56. The molecule has 0 aliphatic rings. The summed E-state index contributed by atoms with van der Waals surface area (Å²) in [4.78, 5) is 0. The predicted octanol–water partition coefficient (Wildman–Crippen LogP) is 3.78. The van der Waals surface area contributed by atoms with Crippen LogP contribution in [0.5, 0.6) is 0 Å². The van der Waals surface area contributed by atoms with E-state index in [-0.39, 0.29) is 11.6 Å². The highest BCUT2D eigenvalue weighted by atomic mass is 79.9. The normalized spacial score (nSPS) is 14.0. The van der Waals surface area contributed by atoms with Crippen LogP contribution in [0.1, 0.15) is 47.1 Å². The largest absolute Gasteiger partial charge is 0.397 e. The summed E-state index contributed by atoms with van der Waals surface area (Å²) in [6.07, 6.45) is 0.689. The number of hydrazine groups is 1. The fraction of sp³-hybridized carbons (Fsp3) is 0.647. The van der Waals surface area contributed by atoms with Crippen molar-refractivity contribution in [2.75, 3.05) is 17.3 Å². The SMILES string of the molecule is CC(Cc1c(Br)ccc(N(N)C(C)(C)C)c1N)NCC(C)(C)F. The van der Waals surface area contributed by atoms with E-state index in [2.05, 4.69) is 21.2 Å². The maximum Gasteiger partial charge on any atom is 0.117 e. The number of nitrogens with zero attached hydrogens (tertiary/aromatic N) is 1. The maximum absolute atomic E-state index is 13.6. The molecule has 1 unspecified atom stereocenters. The third kappa shape index (κ3) is 5.94. The van der Waals surface area contributed by atoms with Crippen LogP contribution < -0.4 is 21.9 Å². The fourth-order valence-electron chi connectivity index (χ4n) is 2.20. The lowest BCUT2D eigenvalue weighted by atomic mass is 10.0. The number of rotatable bonds is 6. The van der Waals surface area contributed by atoms with Crippen molar-refractivity contribution in [1.29, 1.82) is 0 Å². The first-order chi connectivity index (χ1) is 10.3. The Bertz CT molecular complexity index is 535. The number of nitrogen functional groups attached to an aromatic ring is 1. The Kier molecular flexibility index (Phi) is 6.47. The van der Waals surface area contributed by atoms with Crippen molar-refractivity contribution in [1.82, 2.24) is 5.32 Å². The molecule has 0 heterocycles. The summed E-state index contributed by atoms with van der Waals surface area (Å²) in [5.74, 6) is 6.21. The number of halogens is 2. The number of hydrogen-bond acceptors (Lipinski definition) is 4. The van der Waals surface area contributed by atoms with Gasteiger partial charge in [-0.15, -0.1) is 0 Å². The third-order valence-electron chi connectivity index (χ3n) is 3.64. The number of hydrogen-bond donors (Lipinski definition) is 3. The van der Waals surface area contributed by atoms with Gasteiger partial charge in [0.25, 0.3) is 0 Å². The molecule has 0 bridgehead atoms. The molecule has 0 aliphatic carbocycles. The topological polar surface area (TPSA) is 67.3 Å². The van der Waals surface area contributed by atoms with Crippen molar-refractivity contribution in [3.05, 3.63) is 22.2 Å². The molecular formula is C17H30BrFN4. The van der Waals surface area contributed by atoms with Crippen molar-refractivity contribution in [3.8, 4) is 0 Å². The molecule has 0 radical (unpaired) electrons. The van der Waals surface area contributed by atoms with Gasteiger partial charge in [0, 0.05) is 22.6 Å². The average Bonchev–Trinajstić information content (AvgIpc) is 2.39. The Labute approximate surface area is 147 Å². The van der Waals surface area contributed by atoms with E-state index in [4.69, 9.17) is 11.6 Å². The lowest BCUT2D eigenvalue weighted by Crippen LogP contribution is -2.47. The van der Waals surface area contributed by atoms with Crippen molar-refractivity contribution >= 4 is 27.3 Å². The van der Waals surface area contributed by atoms with Crippen LogP contribution in [0.2, 0.25) is 0 Å².